The van der Waals surface area contributed by atoms with Crippen molar-refractivity contribution in [3.8, 4) is 0 Å². The van der Waals surface area contributed by atoms with Gasteiger partial charge in [-0.05, 0) is 39.0 Å². The van der Waals surface area contributed by atoms with Gasteiger partial charge in [0.15, 0.2) is 0 Å². The fourth-order valence-corrected chi connectivity index (χ4v) is 2.66. The summed E-state index contributed by atoms with van der Waals surface area (Å²) in [6, 6.07) is 0.216. The summed E-state index contributed by atoms with van der Waals surface area (Å²) in [4.78, 5) is 25.2. The van der Waals surface area contributed by atoms with Crippen LogP contribution in [0, 0.1) is 11.8 Å². The molecular formula is C16H30N2O3. The molecule has 21 heavy (non-hydrogen) atoms. The zero-order chi connectivity index (χ0) is 16.2. The van der Waals surface area contributed by atoms with E-state index in [0.717, 1.165) is 12.8 Å². The van der Waals surface area contributed by atoms with E-state index in [1.54, 1.807) is 7.05 Å². The van der Waals surface area contributed by atoms with Gasteiger partial charge in [-0.2, -0.15) is 0 Å². The molecular weight excluding hydrogens is 268 g/mol. The van der Waals surface area contributed by atoms with Crippen molar-refractivity contribution in [1.82, 2.24) is 10.2 Å². The third-order valence-corrected chi connectivity index (χ3v) is 4.14. The van der Waals surface area contributed by atoms with Crippen molar-refractivity contribution in [2.24, 2.45) is 11.8 Å². The van der Waals surface area contributed by atoms with Crippen LogP contribution in [0.5, 0.6) is 0 Å². The van der Waals surface area contributed by atoms with Gasteiger partial charge in [0.25, 0.3) is 0 Å². The van der Waals surface area contributed by atoms with Gasteiger partial charge in [0.05, 0.1) is 0 Å². The maximum Gasteiger partial charge on any atom is 0.410 e. The summed E-state index contributed by atoms with van der Waals surface area (Å²) in [5, 5.41) is 3.06. The molecule has 3 atom stereocenters. The van der Waals surface area contributed by atoms with Gasteiger partial charge < -0.3 is 15.0 Å². The molecule has 0 saturated heterocycles. The highest BCUT2D eigenvalue weighted by Gasteiger charge is 2.29. The number of hydrogen-bond acceptors (Lipinski definition) is 3. The van der Waals surface area contributed by atoms with Gasteiger partial charge in [-0.3, -0.25) is 4.79 Å². The number of rotatable bonds is 3. The van der Waals surface area contributed by atoms with E-state index in [2.05, 4.69) is 19.2 Å². The Labute approximate surface area is 128 Å². The monoisotopic (exact) mass is 298 g/mol. The van der Waals surface area contributed by atoms with Crippen molar-refractivity contribution in [3.05, 3.63) is 0 Å². The molecule has 3 unspecified atom stereocenters. The first-order chi connectivity index (χ1) is 9.60. The van der Waals surface area contributed by atoms with Crippen molar-refractivity contribution in [1.29, 1.82) is 0 Å². The Kier molecular flexibility index (Phi) is 6.05. The normalized spacial score (nSPS) is 26.1. The zero-order valence-corrected chi connectivity index (χ0v) is 14.2. The molecule has 1 aliphatic carbocycles. The maximum atomic E-state index is 12.1. The summed E-state index contributed by atoms with van der Waals surface area (Å²) in [6.07, 6.45) is 2.93. The van der Waals surface area contributed by atoms with Crippen LogP contribution < -0.4 is 5.32 Å². The second-order valence-corrected chi connectivity index (χ2v) is 7.28. The Morgan fingerprint density at radius 2 is 1.86 bits per heavy atom. The second-order valence-electron chi connectivity index (χ2n) is 7.28. The quantitative estimate of drug-likeness (QED) is 0.871. The number of ether oxygens (including phenoxy) is 1. The van der Waals surface area contributed by atoms with E-state index in [1.165, 1.54) is 11.3 Å². The van der Waals surface area contributed by atoms with Gasteiger partial charge in [0.2, 0.25) is 5.91 Å². The number of nitrogens with one attached hydrogen (secondary N) is 1. The van der Waals surface area contributed by atoms with Gasteiger partial charge in [0.1, 0.15) is 12.1 Å². The predicted molar refractivity (Wildman–Crippen MR) is 83.0 cm³/mol. The largest absolute Gasteiger partial charge is 0.444 e. The molecule has 0 spiro atoms. The third kappa shape index (κ3) is 5.94. The van der Waals surface area contributed by atoms with E-state index in [1.807, 2.05) is 20.8 Å². The number of likely N-dealkylation sites (N-methyl/N-ethyl adjacent to an activating group) is 1. The van der Waals surface area contributed by atoms with Crippen molar-refractivity contribution in [2.45, 2.75) is 65.5 Å². The first-order valence-electron chi connectivity index (χ1n) is 7.83. The molecule has 1 N–H and O–H groups in total. The molecule has 0 bridgehead atoms. The smallest absolute Gasteiger partial charge is 0.410 e. The molecule has 5 heteroatoms. The highest BCUT2D eigenvalue weighted by molar-refractivity contribution is 5.82. The zero-order valence-electron chi connectivity index (χ0n) is 14.2. The standard InChI is InChI=1S/C16H30N2O3/c1-11-8-7-9-13(12(11)2)17-14(19)10-18(6)15(20)21-16(3,4)5/h11-13H,7-10H2,1-6H3,(H,17,19). The van der Waals surface area contributed by atoms with Gasteiger partial charge in [0, 0.05) is 13.1 Å². The number of nitrogens with zero attached hydrogens (tertiary/aromatic N) is 1. The first kappa shape index (κ1) is 17.8. The lowest BCUT2D eigenvalue weighted by molar-refractivity contribution is -0.123. The van der Waals surface area contributed by atoms with Gasteiger partial charge in [-0.1, -0.05) is 26.7 Å². The molecule has 0 aromatic rings. The van der Waals surface area contributed by atoms with Gasteiger partial charge in [-0.15, -0.1) is 0 Å². The van der Waals surface area contributed by atoms with Crippen LogP contribution in [0.4, 0.5) is 4.79 Å². The molecule has 0 radical (unpaired) electrons. The summed E-state index contributed by atoms with van der Waals surface area (Å²) in [6.45, 7) is 9.88. The second kappa shape index (κ2) is 7.14. The molecule has 0 aromatic heterocycles. The predicted octanol–water partition coefficient (Wildman–Crippen LogP) is 2.79. The molecule has 122 valence electrons. The van der Waals surface area contributed by atoms with E-state index in [-0.39, 0.29) is 18.5 Å². The summed E-state index contributed by atoms with van der Waals surface area (Å²) >= 11 is 0. The van der Waals surface area contributed by atoms with Crippen LogP contribution in [0.15, 0.2) is 0 Å². The van der Waals surface area contributed by atoms with Gasteiger partial charge >= 0.3 is 6.09 Å². The molecule has 2 amide bonds. The first-order valence-corrected chi connectivity index (χ1v) is 7.83. The molecule has 5 nitrogen and oxygen atoms in total. The fraction of sp³-hybridized carbons (Fsp3) is 0.875. The van der Waals surface area contributed by atoms with Crippen molar-refractivity contribution in [3.63, 3.8) is 0 Å². The van der Waals surface area contributed by atoms with Crippen LogP contribution in [0.3, 0.4) is 0 Å². The number of carbonyl (C=O) groups excluding carboxylic acids is 2. The summed E-state index contributed by atoms with van der Waals surface area (Å²) in [5.74, 6) is 0.997. The van der Waals surface area contributed by atoms with Crippen LogP contribution in [-0.2, 0) is 9.53 Å². The van der Waals surface area contributed by atoms with E-state index in [0.29, 0.717) is 11.8 Å². The van der Waals surface area contributed by atoms with Crippen LogP contribution in [0.25, 0.3) is 0 Å². The Morgan fingerprint density at radius 1 is 1.24 bits per heavy atom. The average Bonchev–Trinajstić information content (AvgIpc) is 2.32. The Hall–Kier alpha value is -1.26. The van der Waals surface area contributed by atoms with Crippen molar-refractivity contribution < 1.29 is 14.3 Å². The summed E-state index contributed by atoms with van der Waals surface area (Å²) < 4.78 is 5.24. The molecule has 1 rings (SSSR count). The molecule has 0 aromatic carbocycles. The van der Waals surface area contributed by atoms with E-state index in [9.17, 15) is 9.59 Å². The minimum Gasteiger partial charge on any atom is -0.444 e. The highest BCUT2D eigenvalue weighted by Crippen LogP contribution is 2.29. The van der Waals surface area contributed by atoms with Crippen molar-refractivity contribution in [2.75, 3.05) is 13.6 Å². The average molecular weight is 298 g/mol. The molecule has 1 fully saturated rings. The van der Waals surface area contributed by atoms with E-state index < -0.39 is 11.7 Å². The topological polar surface area (TPSA) is 58.6 Å². The van der Waals surface area contributed by atoms with Crippen LogP contribution in [0.1, 0.15) is 53.9 Å². The molecule has 1 aliphatic rings. The third-order valence-electron chi connectivity index (χ3n) is 4.14. The lowest BCUT2D eigenvalue weighted by atomic mass is 9.78. The minimum absolute atomic E-state index is 0.0342. The van der Waals surface area contributed by atoms with E-state index >= 15 is 0 Å². The lowest BCUT2D eigenvalue weighted by Crippen LogP contribution is -2.48. The molecule has 0 aliphatic heterocycles. The summed E-state index contributed by atoms with van der Waals surface area (Å²) in [7, 11) is 1.58. The Bertz CT molecular complexity index is 376. The van der Waals surface area contributed by atoms with Crippen LogP contribution >= 0.6 is 0 Å². The van der Waals surface area contributed by atoms with Crippen molar-refractivity contribution >= 4 is 12.0 Å². The van der Waals surface area contributed by atoms with Crippen LogP contribution in [-0.4, -0.2) is 42.1 Å². The van der Waals surface area contributed by atoms with Crippen LogP contribution in [0.2, 0.25) is 0 Å². The highest BCUT2D eigenvalue weighted by atomic mass is 16.6. The lowest BCUT2D eigenvalue weighted by Gasteiger charge is -2.35. The van der Waals surface area contributed by atoms with E-state index in [4.69, 9.17) is 4.74 Å². The number of hydrogen-bond donors (Lipinski definition) is 1. The fourth-order valence-electron chi connectivity index (χ4n) is 2.66. The SMILES string of the molecule is CC1CCCC(NC(=O)CN(C)C(=O)OC(C)(C)C)C1C. The Balaban J connectivity index is 2.44. The minimum atomic E-state index is -0.546. The van der Waals surface area contributed by atoms with Gasteiger partial charge in [-0.25, -0.2) is 4.79 Å². The molecule has 0 heterocycles. The molecule has 1 saturated carbocycles. The summed E-state index contributed by atoms with van der Waals surface area (Å²) in [5.41, 5.74) is -0.546. The Morgan fingerprint density at radius 3 is 2.43 bits per heavy atom. The number of amides is 2. The maximum absolute atomic E-state index is 12.1. The number of carbonyl (C=O) groups is 2.